The summed E-state index contributed by atoms with van der Waals surface area (Å²) in [5.41, 5.74) is 3.21. The molecule has 0 fully saturated rings. The summed E-state index contributed by atoms with van der Waals surface area (Å²) >= 11 is 0. The fourth-order valence-electron chi connectivity index (χ4n) is 2.24. The third-order valence-corrected chi connectivity index (χ3v) is 3.43. The highest BCUT2D eigenvalue weighted by Gasteiger charge is 2.08. The van der Waals surface area contributed by atoms with Gasteiger partial charge in [0.25, 0.3) is 0 Å². The third kappa shape index (κ3) is 4.09. The number of aliphatic hydroxyl groups is 1. The van der Waals surface area contributed by atoms with Crippen LogP contribution in [0.4, 0.5) is 0 Å². The number of hydrogen-bond acceptors (Lipinski definition) is 3. The number of amides is 1. The third-order valence-electron chi connectivity index (χ3n) is 3.43. The summed E-state index contributed by atoms with van der Waals surface area (Å²) in [6.45, 7) is 4.02. The van der Waals surface area contributed by atoms with Crippen molar-refractivity contribution in [1.29, 1.82) is 0 Å². The zero-order valence-electron chi connectivity index (χ0n) is 12.9. The molecule has 2 N–H and O–H groups in total. The van der Waals surface area contributed by atoms with Crippen LogP contribution in [0.1, 0.15) is 25.5 Å². The molecule has 0 spiro atoms. The summed E-state index contributed by atoms with van der Waals surface area (Å²) in [7, 11) is 0. The fourth-order valence-corrected chi connectivity index (χ4v) is 2.24. The molecule has 0 aromatic heterocycles. The van der Waals surface area contributed by atoms with Crippen LogP contribution in [0.2, 0.25) is 0 Å². The van der Waals surface area contributed by atoms with E-state index in [-0.39, 0.29) is 11.9 Å². The lowest BCUT2D eigenvalue weighted by molar-refractivity contribution is -0.124. The highest BCUT2D eigenvalue weighted by molar-refractivity contribution is 5.77. The molecule has 1 amide bonds. The lowest BCUT2D eigenvalue weighted by Gasteiger charge is -2.14. The Morgan fingerprint density at radius 3 is 2.14 bits per heavy atom. The second-order valence-corrected chi connectivity index (χ2v) is 5.03. The Morgan fingerprint density at radius 2 is 1.64 bits per heavy atom. The van der Waals surface area contributed by atoms with Crippen LogP contribution in [0, 0.1) is 0 Å². The zero-order valence-corrected chi connectivity index (χ0v) is 12.9. The molecule has 0 heterocycles. The standard InChI is InChI=1S/C18H21NO3/c1-3-22-17-10-8-16(9-11-17)15-6-4-14(5-7-15)13(2)19-18(21)12-20/h4-11,13,20H,3,12H2,1-2H3,(H,19,21). The first kappa shape index (κ1) is 16.0. The summed E-state index contributed by atoms with van der Waals surface area (Å²) in [5, 5.41) is 11.5. The highest BCUT2D eigenvalue weighted by Crippen LogP contribution is 2.24. The Bertz CT molecular complexity index is 605. The maximum absolute atomic E-state index is 11.2. The minimum atomic E-state index is -0.491. The Labute approximate surface area is 130 Å². The van der Waals surface area contributed by atoms with Crippen molar-refractivity contribution in [3.8, 4) is 16.9 Å². The molecule has 0 saturated heterocycles. The van der Waals surface area contributed by atoms with Crippen LogP contribution >= 0.6 is 0 Å². The zero-order chi connectivity index (χ0) is 15.9. The first-order valence-electron chi connectivity index (χ1n) is 7.37. The summed E-state index contributed by atoms with van der Waals surface area (Å²) in [4.78, 5) is 11.2. The first-order valence-corrected chi connectivity index (χ1v) is 7.37. The SMILES string of the molecule is CCOc1ccc(-c2ccc(C(C)NC(=O)CO)cc2)cc1. The van der Waals surface area contributed by atoms with E-state index in [0.29, 0.717) is 6.61 Å². The van der Waals surface area contributed by atoms with Crippen molar-refractivity contribution in [2.45, 2.75) is 19.9 Å². The Morgan fingerprint density at radius 1 is 1.09 bits per heavy atom. The topological polar surface area (TPSA) is 58.6 Å². The molecule has 0 radical (unpaired) electrons. The number of aliphatic hydroxyl groups excluding tert-OH is 1. The van der Waals surface area contributed by atoms with Crippen LogP contribution in [0.25, 0.3) is 11.1 Å². The van der Waals surface area contributed by atoms with E-state index >= 15 is 0 Å². The van der Waals surface area contributed by atoms with Crippen molar-refractivity contribution in [2.24, 2.45) is 0 Å². The van der Waals surface area contributed by atoms with Crippen LogP contribution in [-0.4, -0.2) is 24.2 Å². The lowest BCUT2D eigenvalue weighted by Crippen LogP contribution is -2.28. The van der Waals surface area contributed by atoms with E-state index in [9.17, 15) is 4.79 Å². The number of rotatable bonds is 6. The molecule has 1 atom stereocenters. The van der Waals surface area contributed by atoms with Gasteiger partial charge in [0.05, 0.1) is 12.6 Å². The maximum Gasteiger partial charge on any atom is 0.246 e. The molecule has 0 saturated carbocycles. The lowest BCUT2D eigenvalue weighted by atomic mass is 10.0. The van der Waals surface area contributed by atoms with Gasteiger partial charge in [-0.05, 0) is 42.7 Å². The molecule has 22 heavy (non-hydrogen) atoms. The predicted molar refractivity (Wildman–Crippen MR) is 86.7 cm³/mol. The number of ether oxygens (including phenoxy) is 1. The van der Waals surface area contributed by atoms with E-state index < -0.39 is 6.61 Å². The van der Waals surface area contributed by atoms with Crippen LogP contribution in [0.3, 0.4) is 0 Å². The molecular weight excluding hydrogens is 278 g/mol. The molecule has 2 aromatic rings. The molecule has 0 aliphatic carbocycles. The molecule has 4 heteroatoms. The Kier molecular flexibility index (Phi) is 5.55. The van der Waals surface area contributed by atoms with Crippen LogP contribution < -0.4 is 10.1 Å². The Balaban J connectivity index is 2.09. The normalized spacial score (nSPS) is 11.8. The van der Waals surface area contributed by atoms with Crippen molar-refractivity contribution in [2.75, 3.05) is 13.2 Å². The Hall–Kier alpha value is -2.33. The van der Waals surface area contributed by atoms with Gasteiger partial charge in [-0.25, -0.2) is 0 Å². The van der Waals surface area contributed by atoms with Crippen molar-refractivity contribution in [1.82, 2.24) is 5.32 Å². The number of carbonyl (C=O) groups is 1. The molecule has 0 aliphatic rings. The van der Waals surface area contributed by atoms with Gasteiger partial charge in [0.1, 0.15) is 12.4 Å². The van der Waals surface area contributed by atoms with Crippen molar-refractivity contribution in [3.63, 3.8) is 0 Å². The van der Waals surface area contributed by atoms with Gasteiger partial charge >= 0.3 is 0 Å². The predicted octanol–water partition coefficient (Wildman–Crippen LogP) is 2.92. The molecule has 4 nitrogen and oxygen atoms in total. The van der Waals surface area contributed by atoms with Gasteiger partial charge in [0.2, 0.25) is 5.91 Å². The molecular formula is C18H21NO3. The van der Waals surface area contributed by atoms with E-state index in [1.54, 1.807) is 0 Å². The fraction of sp³-hybridized carbons (Fsp3) is 0.278. The van der Waals surface area contributed by atoms with E-state index in [1.807, 2.05) is 62.4 Å². The van der Waals surface area contributed by atoms with Gasteiger partial charge in [0, 0.05) is 0 Å². The monoisotopic (exact) mass is 299 g/mol. The van der Waals surface area contributed by atoms with Gasteiger partial charge in [-0.1, -0.05) is 36.4 Å². The van der Waals surface area contributed by atoms with Crippen molar-refractivity contribution < 1.29 is 14.6 Å². The minimum Gasteiger partial charge on any atom is -0.494 e. The molecule has 116 valence electrons. The maximum atomic E-state index is 11.2. The molecule has 2 aromatic carbocycles. The molecule has 0 aliphatic heterocycles. The molecule has 0 bridgehead atoms. The van der Waals surface area contributed by atoms with Crippen LogP contribution in [-0.2, 0) is 4.79 Å². The van der Waals surface area contributed by atoms with Crippen LogP contribution in [0.5, 0.6) is 5.75 Å². The number of carbonyl (C=O) groups excluding carboxylic acids is 1. The van der Waals surface area contributed by atoms with E-state index in [2.05, 4.69) is 5.32 Å². The van der Waals surface area contributed by atoms with Gasteiger partial charge in [-0.15, -0.1) is 0 Å². The van der Waals surface area contributed by atoms with Gasteiger partial charge in [-0.3, -0.25) is 4.79 Å². The smallest absolute Gasteiger partial charge is 0.246 e. The van der Waals surface area contributed by atoms with E-state index in [1.165, 1.54) is 0 Å². The number of nitrogens with one attached hydrogen (secondary N) is 1. The van der Waals surface area contributed by atoms with Gasteiger partial charge in [-0.2, -0.15) is 0 Å². The summed E-state index contributed by atoms with van der Waals surface area (Å²) < 4.78 is 5.43. The van der Waals surface area contributed by atoms with Gasteiger partial charge < -0.3 is 15.2 Å². The first-order chi connectivity index (χ1) is 10.6. The van der Waals surface area contributed by atoms with Gasteiger partial charge in [0.15, 0.2) is 0 Å². The average molecular weight is 299 g/mol. The molecule has 1 unspecified atom stereocenters. The second-order valence-electron chi connectivity index (χ2n) is 5.03. The number of benzene rings is 2. The quantitative estimate of drug-likeness (QED) is 0.862. The summed E-state index contributed by atoms with van der Waals surface area (Å²) in [6.07, 6.45) is 0. The van der Waals surface area contributed by atoms with Crippen molar-refractivity contribution in [3.05, 3.63) is 54.1 Å². The average Bonchev–Trinajstić information content (AvgIpc) is 2.56. The summed E-state index contributed by atoms with van der Waals surface area (Å²) in [6, 6.07) is 15.8. The van der Waals surface area contributed by atoms with E-state index in [0.717, 1.165) is 22.4 Å². The minimum absolute atomic E-state index is 0.131. The highest BCUT2D eigenvalue weighted by atomic mass is 16.5. The molecule has 2 rings (SSSR count). The summed E-state index contributed by atoms with van der Waals surface area (Å²) in [5.74, 6) is 0.492. The largest absolute Gasteiger partial charge is 0.494 e. The number of hydrogen-bond donors (Lipinski definition) is 2. The second kappa shape index (κ2) is 7.61. The van der Waals surface area contributed by atoms with Crippen LogP contribution in [0.15, 0.2) is 48.5 Å². The van der Waals surface area contributed by atoms with Crippen molar-refractivity contribution >= 4 is 5.91 Å². The van der Waals surface area contributed by atoms with E-state index in [4.69, 9.17) is 9.84 Å².